The summed E-state index contributed by atoms with van der Waals surface area (Å²) >= 11 is 0. The molecule has 1 heterocycles. The average molecular weight is 135 g/mol. The molecule has 0 aromatic carbocycles. The minimum absolute atomic E-state index is 1.60. The summed E-state index contributed by atoms with van der Waals surface area (Å²) < 4.78 is 4.92. The first kappa shape index (κ1) is 6.68. The maximum atomic E-state index is 4.92. The molecule has 0 atom stereocenters. The molecule has 2 nitrogen and oxygen atoms in total. The standard InChI is InChI=1S/C8H9NO/c1-3-7-10-8-4-2-6-9-5-1/h1-9H/b5-1-,6-2?,7-3-,8-4?. The van der Waals surface area contributed by atoms with Crippen molar-refractivity contribution in [3.63, 3.8) is 0 Å². The molecule has 0 saturated carbocycles. The third-order valence-electron chi connectivity index (χ3n) is 0.921. The predicted molar refractivity (Wildman–Crippen MR) is 40.8 cm³/mol. The van der Waals surface area contributed by atoms with Gasteiger partial charge in [0.1, 0.15) is 0 Å². The van der Waals surface area contributed by atoms with Gasteiger partial charge in [0.25, 0.3) is 0 Å². The van der Waals surface area contributed by atoms with Crippen LogP contribution in [0.2, 0.25) is 0 Å². The topological polar surface area (TPSA) is 21.3 Å². The zero-order chi connectivity index (χ0) is 7.07. The van der Waals surface area contributed by atoms with Gasteiger partial charge in [0.2, 0.25) is 0 Å². The molecule has 1 rings (SSSR count). The lowest BCUT2D eigenvalue weighted by Crippen LogP contribution is -1.89. The van der Waals surface area contributed by atoms with Gasteiger partial charge in [-0.2, -0.15) is 0 Å². The highest BCUT2D eigenvalue weighted by atomic mass is 16.5. The Kier molecular flexibility index (Phi) is 2.96. The van der Waals surface area contributed by atoms with E-state index in [1.54, 1.807) is 24.7 Å². The first-order valence-electron chi connectivity index (χ1n) is 3.05. The van der Waals surface area contributed by atoms with Gasteiger partial charge in [-0.25, -0.2) is 0 Å². The normalized spacial score (nSPS) is 22.4. The lowest BCUT2D eigenvalue weighted by molar-refractivity contribution is 0.403. The summed E-state index contributed by atoms with van der Waals surface area (Å²) in [7, 11) is 0. The van der Waals surface area contributed by atoms with E-state index < -0.39 is 0 Å². The van der Waals surface area contributed by atoms with Crippen molar-refractivity contribution < 1.29 is 4.74 Å². The summed E-state index contributed by atoms with van der Waals surface area (Å²) in [4.78, 5) is 0. The van der Waals surface area contributed by atoms with Gasteiger partial charge in [-0.05, 0) is 24.3 Å². The minimum Gasteiger partial charge on any atom is -0.473 e. The van der Waals surface area contributed by atoms with Crippen LogP contribution in [0.5, 0.6) is 0 Å². The second-order valence-electron chi connectivity index (χ2n) is 1.68. The molecule has 2 heteroatoms. The Balaban J connectivity index is 2.50. The van der Waals surface area contributed by atoms with Crippen LogP contribution >= 0.6 is 0 Å². The number of rotatable bonds is 0. The van der Waals surface area contributed by atoms with E-state index >= 15 is 0 Å². The minimum atomic E-state index is 1.60. The summed E-state index contributed by atoms with van der Waals surface area (Å²) in [5.74, 6) is 0. The number of hydrogen-bond acceptors (Lipinski definition) is 2. The molecule has 1 N–H and O–H groups in total. The van der Waals surface area contributed by atoms with Crippen molar-refractivity contribution >= 4 is 0 Å². The van der Waals surface area contributed by atoms with Crippen LogP contribution in [0.15, 0.2) is 49.2 Å². The van der Waals surface area contributed by atoms with E-state index in [0.717, 1.165) is 0 Å². The van der Waals surface area contributed by atoms with E-state index in [0.29, 0.717) is 0 Å². The van der Waals surface area contributed by atoms with E-state index in [1.807, 2.05) is 24.6 Å². The van der Waals surface area contributed by atoms with Gasteiger partial charge in [-0.3, -0.25) is 0 Å². The number of nitrogens with one attached hydrogen (secondary N) is 1. The highest BCUT2D eigenvalue weighted by Crippen LogP contribution is 1.84. The van der Waals surface area contributed by atoms with Crippen molar-refractivity contribution in [2.45, 2.75) is 0 Å². The van der Waals surface area contributed by atoms with Crippen LogP contribution in [0, 0.1) is 0 Å². The Morgan fingerprint density at radius 1 is 0.800 bits per heavy atom. The molecule has 0 amide bonds. The molecule has 0 aromatic rings. The van der Waals surface area contributed by atoms with Gasteiger partial charge in [-0.15, -0.1) is 0 Å². The molecule has 0 aromatic heterocycles. The Hall–Kier alpha value is -1.44. The summed E-state index contributed by atoms with van der Waals surface area (Å²) in [6, 6.07) is 0. The highest BCUT2D eigenvalue weighted by molar-refractivity contribution is 5.06. The van der Waals surface area contributed by atoms with E-state index in [1.165, 1.54) is 0 Å². The molecule has 1 aliphatic rings. The Labute approximate surface area is 60.2 Å². The molecular weight excluding hydrogens is 126 g/mol. The van der Waals surface area contributed by atoms with Gasteiger partial charge in [0, 0.05) is 12.4 Å². The third kappa shape index (κ3) is 2.77. The van der Waals surface area contributed by atoms with Crippen molar-refractivity contribution in [3.8, 4) is 0 Å². The molecule has 0 saturated heterocycles. The molecule has 0 unspecified atom stereocenters. The maximum absolute atomic E-state index is 4.92. The van der Waals surface area contributed by atoms with Crippen LogP contribution in [0.25, 0.3) is 0 Å². The number of allylic oxidation sites excluding steroid dienone is 4. The molecule has 52 valence electrons. The van der Waals surface area contributed by atoms with Crippen molar-refractivity contribution in [2.24, 2.45) is 0 Å². The quantitative estimate of drug-likeness (QED) is 0.545. The van der Waals surface area contributed by atoms with Crippen molar-refractivity contribution in [1.29, 1.82) is 0 Å². The first-order chi connectivity index (χ1) is 5.00. The third-order valence-corrected chi connectivity index (χ3v) is 0.921. The van der Waals surface area contributed by atoms with Crippen molar-refractivity contribution in [3.05, 3.63) is 49.2 Å². The highest BCUT2D eigenvalue weighted by Gasteiger charge is 1.69. The zero-order valence-corrected chi connectivity index (χ0v) is 5.53. The first-order valence-corrected chi connectivity index (χ1v) is 3.05. The van der Waals surface area contributed by atoms with Gasteiger partial charge < -0.3 is 10.1 Å². The SMILES string of the molecule is C1=CN/C=C\C=C/OC=C1. The van der Waals surface area contributed by atoms with Crippen LogP contribution in [0.1, 0.15) is 0 Å². The average Bonchev–Trinajstić information content (AvgIpc) is 2.01. The molecule has 10 heavy (non-hydrogen) atoms. The predicted octanol–water partition coefficient (Wildman–Crippen LogP) is 1.66. The Morgan fingerprint density at radius 3 is 2.00 bits per heavy atom. The fourth-order valence-electron chi connectivity index (χ4n) is 0.505. The fourth-order valence-corrected chi connectivity index (χ4v) is 0.505. The molecule has 0 aliphatic carbocycles. The van der Waals surface area contributed by atoms with Gasteiger partial charge in [0.15, 0.2) is 0 Å². The lowest BCUT2D eigenvalue weighted by Gasteiger charge is -1.89. The molecule has 0 radical (unpaired) electrons. The summed E-state index contributed by atoms with van der Waals surface area (Å²) in [6.07, 6.45) is 14.1. The molecular formula is C8H9NO. The Morgan fingerprint density at radius 2 is 1.40 bits per heavy atom. The largest absolute Gasteiger partial charge is 0.473 e. The summed E-state index contributed by atoms with van der Waals surface area (Å²) in [5.41, 5.74) is 0. The second kappa shape index (κ2) is 4.44. The van der Waals surface area contributed by atoms with Crippen LogP contribution in [0.4, 0.5) is 0 Å². The molecule has 1 aliphatic heterocycles. The van der Waals surface area contributed by atoms with Crippen LogP contribution in [0.3, 0.4) is 0 Å². The number of ether oxygens (including phenoxy) is 1. The van der Waals surface area contributed by atoms with Crippen LogP contribution < -0.4 is 5.32 Å². The smallest absolute Gasteiger partial charge is 0.0901 e. The zero-order valence-electron chi connectivity index (χ0n) is 5.53. The maximum Gasteiger partial charge on any atom is 0.0901 e. The monoisotopic (exact) mass is 135 g/mol. The van der Waals surface area contributed by atoms with Gasteiger partial charge in [-0.1, -0.05) is 0 Å². The van der Waals surface area contributed by atoms with Crippen molar-refractivity contribution in [1.82, 2.24) is 5.32 Å². The molecule has 0 spiro atoms. The van der Waals surface area contributed by atoms with Crippen molar-refractivity contribution in [2.75, 3.05) is 0 Å². The van der Waals surface area contributed by atoms with E-state index in [-0.39, 0.29) is 0 Å². The molecule has 0 fully saturated rings. The van der Waals surface area contributed by atoms with E-state index in [4.69, 9.17) is 4.74 Å². The van der Waals surface area contributed by atoms with E-state index in [2.05, 4.69) is 5.32 Å². The summed E-state index contributed by atoms with van der Waals surface area (Å²) in [5, 5.41) is 2.94. The summed E-state index contributed by atoms with van der Waals surface area (Å²) in [6.45, 7) is 0. The van der Waals surface area contributed by atoms with Crippen LogP contribution in [-0.2, 0) is 4.74 Å². The van der Waals surface area contributed by atoms with E-state index in [9.17, 15) is 0 Å². The van der Waals surface area contributed by atoms with Gasteiger partial charge >= 0.3 is 0 Å². The van der Waals surface area contributed by atoms with Gasteiger partial charge in [0.05, 0.1) is 12.5 Å². The number of hydrogen-bond donors (Lipinski definition) is 1. The lowest BCUT2D eigenvalue weighted by atomic mass is 10.5. The second-order valence-corrected chi connectivity index (χ2v) is 1.68. The fraction of sp³-hybridized carbons (Fsp3) is 0. The Bertz CT molecular complexity index is 147. The molecule has 0 bridgehead atoms. The van der Waals surface area contributed by atoms with Crippen LogP contribution in [-0.4, -0.2) is 0 Å².